The first-order valence-electron chi connectivity index (χ1n) is 9.33. The highest BCUT2D eigenvalue weighted by Crippen LogP contribution is 2.23. The van der Waals surface area contributed by atoms with Gasteiger partial charge in [-0.05, 0) is 43.5 Å². The summed E-state index contributed by atoms with van der Waals surface area (Å²) in [6, 6.07) is 8.92. The summed E-state index contributed by atoms with van der Waals surface area (Å²) in [4.78, 5) is 28.0. The van der Waals surface area contributed by atoms with Crippen molar-refractivity contribution in [1.29, 1.82) is 0 Å². The number of hydrogen-bond acceptors (Lipinski definition) is 4. The maximum Gasteiger partial charge on any atom is 0.248 e. The van der Waals surface area contributed by atoms with Crippen LogP contribution in [0.2, 0.25) is 0 Å². The molecule has 1 aromatic carbocycles. The van der Waals surface area contributed by atoms with E-state index in [-0.39, 0.29) is 24.2 Å². The number of amides is 1. The zero-order valence-corrected chi connectivity index (χ0v) is 14.9. The molecular weight excluding hydrogens is 332 g/mol. The third-order valence-electron chi connectivity index (χ3n) is 4.99. The Kier molecular flexibility index (Phi) is 6.28. The van der Waals surface area contributed by atoms with Gasteiger partial charge < -0.3 is 19.7 Å². The Bertz CT molecular complexity index is 796. The van der Waals surface area contributed by atoms with Crippen LogP contribution in [0.15, 0.2) is 35.1 Å². The quantitative estimate of drug-likeness (QED) is 0.589. The summed E-state index contributed by atoms with van der Waals surface area (Å²) in [5, 5.41) is 10.5. The maximum absolute atomic E-state index is 12.4. The van der Waals surface area contributed by atoms with E-state index in [2.05, 4.69) is 4.98 Å². The van der Waals surface area contributed by atoms with E-state index in [1.54, 1.807) is 11.0 Å². The molecule has 2 aromatic rings. The number of aliphatic hydroxyl groups excluding tert-OH is 1. The summed E-state index contributed by atoms with van der Waals surface area (Å²) < 4.78 is 5.73. The number of aromatic nitrogens is 1. The number of pyridine rings is 1. The number of H-pyrrole nitrogens is 1. The zero-order chi connectivity index (χ0) is 18.4. The van der Waals surface area contributed by atoms with Gasteiger partial charge in [0.2, 0.25) is 11.5 Å². The molecule has 0 spiro atoms. The molecule has 1 saturated carbocycles. The molecule has 1 fully saturated rings. The molecule has 26 heavy (non-hydrogen) atoms. The largest absolute Gasteiger partial charge is 0.494 e. The third kappa shape index (κ3) is 4.64. The van der Waals surface area contributed by atoms with Gasteiger partial charge in [-0.25, -0.2) is 0 Å². The van der Waals surface area contributed by atoms with Gasteiger partial charge in [-0.3, -0.25) is 9.59 Å². The number of fused-ring (bicyclic) bond motifs is 1. The van der Waals surface area contributed by atoms with Crippen LogP contribution in [-0.4, -0.2) is 40.3 Å². The summed E-state index contributed by atoms with van der Waals surface area (Å²) in [6.45, 7) is 0.234. The van der Waals surface area contributed by atoms with Crippen molar-refractivity contribution in [2.75, 3.05) is 13.3 Å². The zero-order valence-electron chi connectivity index (χ0n) is 14.9. The number of ether oxygens (including phenoxy) is 1. The number of carbonyl (C=O) groups is 1. The molecule has 0 aliphatic heterocycles. The van der Waals surface area contributed by atoms with Crippen LogP contribution < -0.4 is 10.3 Å². The van der Waals surface area contributed by atoms with Gasteiger partial charge in [-0.2, -0.15) is 0 Å². The summed E-state index contributed by atoms with van der Waals surface area (Å²) in [7, 11) is 0. The van der Waals surface area contributed by atoms with Crippen molar-refractivity contribution in [3.63, 3.8) is 0 Å². The Labute approximate surface area is 152 Å². The van der Waals surface area contributed by atoms with Crippen molar-refractivity contribution in [3.05, 3.63) is 40.7 Å². The second-order valence-electron chi connectivity index (χ2n) is 6.82. The fraction of sp³-hybridized carbons (Fsp3) is 0.500. The Morgan fingerprint density at radius 1 is 1.19 bits per heavy atom. The normalized spacial score (nSPS) is 15.1. The molecule has 0 saturated heterocycles. The molecule has 1 aliphatic rings. The number of aromatic amines is 1. The highest BCUT2D eigenvalue weighted by atomic mass is 16.5. The minimum absolute atomic E-state index is 0.000846. The van der Waals surface area contributed by atoms with Crippen LogP contribution in [0, 0.1) is 0 Å². The molecule has 0 bridgehead atoms. The first-order chi connectivity index (χ1) is 12.7. The minimum Gasteiger partial charge on any atom is -0.494 e. The van der Waals surface area contributed by atoms with Crippen molar-refractivity contribution in [1.82, 2.24) is 9.88 Å². The van der Waals surface area contributed by atoms with Gasteiger partial charge >= 0.3 is 0 Å². The SMILES string of the molecule is O=C(CCCOc1ccc2[nH]c(=O)ccc2c1)N(CO)C1CCCCC1. The van der Waals surface area contributed by atoms with E-state index in [1.165, 1.54) is 12.5 Å². The topological polar surface area (TPSA) is 82.6 Å². The highest BCUT2D eigenvalue weighted by molar-refractivity contribution is 5.79. The lowest BCUT2D eigenvalue weighted by molar-refractivity contribution is -0.138. The number of hydrogen-bond donors (Lipinski definition) is 2. The molecule has 1 amide bonds. The molecule has 1 aromatic heterocycles. The molecule has 2 N–H and O–H groups in total. The van der Waals surface area contributed by atoms with Crippen molar-refractivity contribution in [3.8, 4) is 5.75 Å². The minimum atomic E-state index is -0.201. The van der Waals surface area contributed by atoms with Crippen LogP contribution in [0.3, 0.4) is 0 Å². The van der Waals surface area contributed by atoms with E-state index < -0.39 is 0 Å². The molecule has 140 valence electrons. The van der Waals surface area contributed by atoms with Gasteiger partial charge in [-0.1, -0.05) is 19.3 Å². The first-order valence-corrected chi connectivity index (χ1v) is 9.33. The predicted octanol–water partition coefficient (Wildman–Crippen LogP) is 2.80. The van der Waals surface area contributed by atoms with E-state index in [4.69, 9.17) is 4.74 Å². The summed E-state index contributed by atoms with van der Waals surface area (Å²) in [6.07, 6.45) is 6.43. The number of nitrogens with one attached hydrogen (secondary N) is 1. The van der Waals surface area contributed by atoms with Gasteiger partial charge in [0.25, 0.3) is 0 Å². The average Bonchev–Trinajstić information content (AvgIpc) is 2.66. The molecule has 1 aliphatic carbocycles. The predicted molar refractivity (Wildman–Crippen MR) is 100 cm³/mol. The second-order valence-corrected chi connectivity index (χ2v) is 6.82. The van der Waals surface area contributed by atoms with Gasteiger partial charge in [0.05, 0.1) is 6.61 Å². The smallest absolute Gasteiger partial charge is 0.248 e. The van der Waals surface area contributed by atoms with Crippen LogP contribution in [0.5, 0.6) is 5.75 Å². The number of benzene rings is 1. The van der Waals surface area contributed by atoms with Gasteiger partial charge in [0.15, 0.2) is 0 Å². The number of carbonyl (C=O) groups excluding carboxylic acids is 1. The fourth-order valence-corrected chi connectivity index (χ4v) is 3.57. The summed E-state index contributed by atoms with van der Waals surface area (Å²) in [5.41, 5.74) is 0.641. The fourth-order valence-electron chi connectivity index (χ4n) is 3.57. The van der Waals surface area contributed by atoms with Crippen molar-refractivity contribution >= 4 is 16.8 Å². The van der Waals surface area contributed by atoms with Gasteiger partial charge in [0.1, 0.15) is 12.5 Å². The average molecular weight is 358 g/mol. The standard InChI is InChI=1S/C20H26N2O4/c23-14-22(16-5-2-1-3-6-16)20(25)7-4-12-26-17-9-10-18-15(13-17)8-11-19(24)21-18/h8-11,13,16,23H,1-7,12,14H2,(H,21,24). The summed E-state index contributed by atoms with van der Waals surface area (Å²) in [5.74, 6) is 0.711. The lowest BCUT2D eigenvalue weighted by Gasteiger charge is -2.32. The lowest BCUT2D eigenvalue weighted by Crippen LogP contribution is -2.42. The van der Waals surface area contributed by atoms with Crippen LogP contribution in [0.4, 0.5) is 0 Å². The van der Waals surface area contributed by atoms with Crippen LogP contribution in [0.25, 0.3) is 10.9 Å². The first kappa shape index (κ1) is 18.5. The molecule has 6 nitrogen and oxygen atoms in total. The lowest BCUT2D eigenvalue weighted by atomic mass is 9.94. The van der Waals surface area contributed by atoms with Gasteiger partial charge in [0, 0.05) is 29.4 Å². The van der Waals surface area contributed by atoms with Crippen LogP contribution in [0.1, 0.15) is 44.9 Å². The molecule has 0 atom stereocenters. The Morgan fingerprint density at radius 3 is 2.77 bits per heavy atom. The number of aliphatic hydroxyl groups is 1. The van der Waals surface area contributed by atoms with Crippen LogP contribution in [-0.2, 0) is 4.79 Å². The van der Waals surface area contributed by atoms with Crippen molar-refractivity contribution in [2.24, 2.45) is 0 Å². The Morgan fingerprint density at radius 2 is 2.00 bits per heavy atom. The highest BCUT2D eigenvalue weighted by Gasteiger charge is 2.24. The van der Waals surface area contributed by atoms with E-state index in [9.17, 15) is 14.7 Å². The Balaban J connectivity index is 1.47. The number of rotatable bonds is 7. The van der Waals surface area contributed by atoms with E-state index in [1.807, 2.05) is 18.2 Å². The molecule has 0 unspecified atom stereocenters. The van der Waals surface area contributed by atoms with Crippen molar-refractivity contribution < 1.29 is 14.6 Å². The molecule has 6 heteroatoms. The molecular formula is C20H26N2O4. The molecule has 3 rings (SSSR count). The second kappa shape index (κ2) is 8.85. The monoisotopic (exact) mass is 358 g/mol. The van der Waals surface area contributed by atoms with E-state index >= 15 is 0 Å². The maximum atomic E-state index is 12.4. The van der Waals surface area contributed by atoms with Gasteiger partial charge in [-0.15, -0.1) is 0 Å². The Hall–Kier alpha value is -2.34. The van der Waals surface area contributed by atoms with Crippen LogP contribution >= 0.6 is 0 Å². The van der Waals surface area contributed by atoms with E-state index in [0.29, 0.717) is 25.2 Å². The third-order valence-corrected chi connectivity index (χ3v) is 4.99. The number of nitrogens with zero attached hydrogens (tertiary/aromatic N) is 1. The van der Waals surface area contributed by atoms with Crippen molar-refractivity contribution in [2.45, 2.75) is 51.0 Å². The summed E-state index contributed by atoms with van der Waals surface area (Å²) >= 11 is 0. The molecule has 1 heterocycles. The molecule has 0 radical (unpaired) electrons. The van der Waals surface area contributed by atoms with E-state index in [0.717, 1.165) is 36.6 Å².